The van der Waals surface area contributed by atoms with Gasteiger partial charge in [0.1, 0.15) is 17.6 Å². The molecule has 1 heterocycles. The summed E-state index contributed by atoms with van der Waals surface area (Å²) in [5.41, 5.74) is -1.10. The molecule has 1 saturated heterocycles. The molecule has 0 aromatic rings. The molecule has 120 valence electrons. The van der Waals surface area contributed by atoms with Crippen LogP contribution >= 0.6 is 0 Å². The van der Waals surface area contributed by atoms with Crippen molar-refractivity contribution in [1.82, 2.24) is 5.32 Å². The summed E-state index contributed by atoms with van der Waals surface area (Å²) in [4.78, 5) is 36.3. The number of ether oxygens (including phenoxy) is 2. The molecule has 0 saturated carbocycles. The van der Waals surface area contributed by atoms with Crippen molar-refractivity contribution in [1.29, 1.82) is 0 Å². The van der Waals surface area contributed by atoms with E-state index in [9.17, 15) is 14.4 Å². The van der Waals surface area contributed by atoms with Gasteiger partial charge in [0, 0.05) is 5.92 Å². The van der Waals surface area contributed by atoms with Crippen molar-refractivity contribution in [2.24, 2.45) is 17.3 Å². The van der Waals surface area contributed by atoms with Gasteiger partial charge in [0.25, 0.3) is 0 Å². The molecule has 0 radical (unpaired) electrons. The van der Waals surface area contributed by atoms with Gasteiger partial charge in [-0.1, -0.05) is 20.8 Å². The molecule has 6 nitrogen and oxygen atoms in total. The van der Waals surface area contributed by atoms with E-state index < -0.39 is 46.7 Å². The average Bonchev–Trinajstić information content (AvgIpc) is 2.63. The highest BCUT2D eigenvalue weighted by atomic mass is 16.6. The molecule has 3 atom stereocenters. The summed E-state index contributed by atoms with van der Waals surface area (Å²) in [6.45, 7) is 10.9. The van der Waals surface area contributed by atoms with Crippen LogP contribution < -0.4 is 5.32 Å². The molecule has 6 heteroatoms. The number of nitrogens with one attached hydrogen (secondary N) is 1. The van der Waals surface area contributed by atoms with Gasteiger partial charge in [0.05, 0.1) is 7.11 Å². The van der Waals surface area contributed by atoms with Crippen LogP contribution in [0.4, 0.5) is 0 Å². The van der Waals surface area contributed by atoms with Crippen molar-refractivity contribution < 1.29 is 23.9 Å². The van der Waals surface area contributed by atoms with Gasteiger partial charge in [-0.05, 0) is 26.2 Å². The Balaban J connectivity index is 3.12. The molecule has 1 aliphatic heterocycles. The second kappa shape index (κ2) is 5.66. The lowest BCUT2D eigenvalue weighted by molar-refractivity contribution is -0.160. The molecule has 0 aromatic carbocycles. The van der Waals surface area contributed by atoms with Crippen LogP contribution in [0.3, 0.4) is 0 Å². The molecule has 21 heavy (non-hydrogen) atoms. The van der Waals surface area contributed by atoms with Crippen LogP contribution in [0, 0.1) is 17.3 Å². The summed E-state index contributed by atoms with van der Waals surface area (Å²) in [6, 6.07) is -0.846. The van der Waals surface area contributed by atoms with Crippen LogP contribution in [0.1, 0.15) is 41.5 Å². The maximum absolute atomic E-state index is 12.3. The first-order valence-electron chi connectivity index (χ1n) is 6.99. The van der Waals surface area contributed by atoms with Gasteiger partial charge >= 0.3 is 11.9 Å². The normalized spacial score (nSPS) is 26.2. The van der Waals surface area contributed by atoms with Gasteiger partial charge in [0.15, 0.2) is 0 Å². The molecule has 0 spiro atoms. The number of carbonyl (C=O) groups excluding carboxylic acids is 3. The smallest absolute Gasteiger partial charge is 0.329 e. The molecular formula is C15H25NO5. The molecule has 1 N–H and O–H groups in total. The summed E-state index contributed by atoms with van der Waals surface area (Å²) in [5, 5.41) is 2.58. The number of hydrogen-bond acceptors (Lipinski definition) is 5. The minimum absolute atomic E-state index is 0.445. The summed E-state index contributed by atoms with van der Waals surface area (Å²) in [5.74, 6) is -3.15. The standard InChI is InChI=1S/C15H25NO5/c1-14(2,3)9-8(12(18)20-7)11(17)16-10(9)13(19)21-15(4,5)6/h8-10H,1-7H3,(H,16,17)/t8-,9-,10-/m1/s1. The SMILES string of the molecule is COC(=O)[C@H]1C(=O)N[C@@H](C(=O)OC(C)(C)C)[C@@H]1C(C)(C)C. The van der Waals surface area contributed by atoms with Crippen LogP contribution in [0.15, 0.2) is 0 Å². The molecule has 1 amide bonds. The molecule has 0 unspecified atom stereocenters. The average molecular weight is 299 g/mol. The third kappa shape index (κ3) is 3.95. The Kier molecular flexibility index (Phi) is 4.70. The van der Waals surface area contributed by atoms with E-state index in [0.29, 0.717) is 0 Å². The molecule has 1 fully saturated rings. The highest BCUT2D eigenvalue weighted by Crippen LogP contribution is 2.40. The van der Waals surface area contributed by atoms with Crippen molar-refractivity contribution in [3.63, 3.8) is 0 Å². The van der Waals surface area contributed by atoms with Gasteiger partial charge in [-0.15, -0.1) is 0 Å². The van der Waals surface area contributed by atoms with E-state index in [-0.39, 0.29) is 0 Å². The number of carbonyl (C=O) groups is 3. The van der Waals surface area contributed by atoms with Gasteiger partial charge in [0.2, 0.25) is 5.91 Å². The number of esters is 2. The van der Waals surface area contributed by atoms with Crippen molar-refractivity contribution in [3.05, 3.63) is 0 Å². The topological polar surface area (TPSA) is 81.7 Å². The maximum Gasteiger partial charge on any atom is 0.329 e. The highest BCUT2D eigenvalue weighted by Gasteiger charge is 2.55. The summed E-state index contributed by atoms with van der Waals surface area (Å²) in [6.07, 6.45) is 0. The van der Waals surface area contributed by atoms with E-state index in [4.69, 9.17) is 9.47 Å². The van der Waals surface area contributed by atoms with E-state index >= 15 is 0 Å². The molecule has 0 aliphatic carbocycles. The number of methoxy groups -OCH3 is 1. The van der Waals surface area contributed by atoms with E-state index in [2.05, 4.69) is 5.32 Å². The van der Waals surface area contributed by atoms with Gasteiger partial charge in [-0.2, -0.15) is 0 Å². The predicted molar refractivity (Wildman–Crippen MR) is 76.2 cm³/mol. The van der Waals surface area contributed by atoms with Gasteiger partial charge in [-0.3, -0.25) is 9.59 Å². The van der Waals surface area contributed by atoms with Crippen molar-refractivity contribution in [3.8, 4) is 0 Å². The number of amides is 1. The van der Waals surface area contributed by atoms with Crippen molar-refractivity contribution in [2.75, 3.05) is 7.11 Å². The Morgan fingerprint density at radius 2 is 1.57 bits per heavy atom. The first-order valence-corrected chi connectivity index (χ1v) is 6.99. The van der Waals surface area contributed by atoms with Crippen LogP contribution in [-0.4, -0.2) is 36.6 Å². The Morgan fingerprint density at radius 1 is 1.05 bits per heavy atom. The summed E-state index contributed by atoms with van der Waals surface area (Å²) in [7, 11) is 1.23. The Hall–Kier alpha value is -1.59. The largest absolute Gasteiger partial charge is 0.468 e. The molecule has 0 bridgehead atoms. The monoisotopic (exact) mass is 299 g/mol. The fourth-order valence-electron chi connectivity index (χ4n) is 2.64. The Labute approximate surface area is 125 Å². The minimum Gasteiger partial charge on any atom is -0.468 e. The maximum atomic E-state index is 12.3. The van der Waals surface area contributed by atoms with E-state index in [1.165, 1.54) is 7.11 Å². The second-order valence-electron chi connectivity index (χ2n) is 7.41. The zero-order valence-electron chi connectivity index (χ0n) is 13.8. The molecule has 0 aromatic heterocycles. The van der Waals surface area contributed by atoms with Gasteiger partial charge < -0.3 is 14.8 Å². The summed E-state index contributed by atoms with van der Waals surface area (Å²) >= 11 is 0. The van der Waals surface area contributed by atoms with Crippen LogP contribution in [0.5, 0.6) is 0 Å². The first kappa shape index (κ1) is 17.5. The third-order valence-corrected chi connectivity index (χ3v) is 3.41. The van der Waals surface area contributed by atoms with Crippen LogP contribution in [0.25, 0.3) is 0 Å². The quantitative estimate of drug-likeness (QED) is 0.613. The Morgan fingerprint density at radius 3 is 1.95 bits per heavy atom. The molecule has 1 aliphatic rings. The minimum atomic E-state index is -0.993. The van der Waals surface area contributed by atoms with Crippen LogP contribution in [-0.2, 0) is 23.9 Å². The van der Waals surface area contributed by atoms with Crippen LogP contribution in [0.2, 0.25) is 0 Å². The zero-order chi connectivity index (χ0) is 16.6. The van der Waals surface area contributed by atoms with Gasteiger partial charge in [-0.25, -0.2) is 4.79 Å². The number of rotatable bonds is 2. The highest BCUT2D eigenvalue weighted by molar-refractivity contribution is 6.03. The van der Waals surface area contributed by atoms with E-state index in [1.807, 2.05) is 20.8 Å². The second-order valence-corrected chi connectivity index (χ2v) is 7.41. The zero-order valence-corrected chi connectivity index (χ0v) is 13.8. The lowest BCUT2D eigenvalue weighted by atomic mass is 9.71. The molecule has 1 rings (SSSR count). The fraction of sp³-hybridized carbons (Fsp3) is 0.800. The predicted octanol–water partition coefficient (Wildman–Crippen LogP) is 1.28. The third-order valence-electron chi connectivity index (χ3n) is 3.41. The molecular weight excluding hydrogens is 274 g/mol. The lowest BCUT2D eigenvalue weighted by Crippen LogP contribution is -2.45. The fourth-order valence-corrected chi connectivity index (χ4v) is 2.64. The van der Waals surface area contributed by atoms with E-state index in [0.717, 1.165) is 0 Å². The summed E-state index contributed by atoms with van der Waals surface area (Å²) < 4.78 is 10.1. The Bertz CT molecular complexity index is 444. The van der Waals surface area contributed by atoms with E-state index in [1.54, 1.807) is 20.8 Å². The van der Waals surface area contributed by atoms with Crippen molar-refractivity contribution >= 4 is 17.8 Å². The number of hydrogen-bond donors (Lipinski definition) is 1. The van der Waals surface area contributed by atoms with Crippen molar-refractivity contribution in [2.45, 2.75) is 53.2 Å². The lowest BCUT2D eigenvalue weighted by Gasteiger charge is -2.33. The first-order chi connectivity index (χ1) is 9.38.